The van der Waals surface area contributed by atoms with Crippen molar-refractivity contribution in [1.29, 1.82) is 0 Å². The van der Waals surface area contributed by atoms with E-state index in [0.29, 0.717) is 12.0 Å². The van der Waals surface area contributed by atoms with Crippen molar-refractivity contribution in [2.75, 3.05) is 17.5 Å². The van der Waals surface area contributed by atoms with Crippen LogP contribution in [0.25, 0.3) is 0 Å². The number of fused-ring (bicyclic) bond motifs is 1. The Kier molecular flexibility index (Phi) is 4.47. The number of halogens is 2. The van der Waals surface area contributed by atoms with Gasteiger partial charge >= 0.3 is 5.97 Å². The van der Waals surface area contributed by atoms with Crippen LogP contribution in [0.4, 0.5) is 14.5 Å². The molecule has 0 bridgehead atoms. The average Bonchev–Trinajstić information content (AvgIpc) is 2.56. The highest BCUT2D eigenvalue weighted by molar-refractivity contribution is 7.93. The van der Waals surface area contributed by atoms with E-state index in [9.17, 15) is 22.0 Å². The molecule has 0 saturated heterocycles. The summed E-state index contributed by atoms with van der Waals surface area (Å²) in [5.74, 6) is -2.24. The Labute approximate surface area is 143 Å². The molecule has 3 rings (SSSR count). The summed E-state index contributed by atoms with van der Waals surface area (Å²) in [6.45, 7) is 1.79. The number of benzene rings is 2. The van der Waals surface area contributed by atoms with E-state index < -0.39 is 27.6 Å². The third-order valence-corrected chi connectivity index (χ3v) is 5.80. The number of hydrogen-bond donors (Lipinski definition) is 0. The van der Waals surface area contributed by atoms with Crippen molar-refractivity contribution in [1.82, 2.24) is 0 Å². The van der Waals surface area contributed by atoms with E-state index in [0.717, 1.165) is 16.4 Å². The van der Waals surface area contributed by atoms with Crippen molar-refractivity contribution in [2.24, 2.45) is 0 Å². The normalized spacial score (nSPS) is 15.6. The molecule has 0 radical (unpaired) electrons. The number of nitrogens with zero attached hydrogens (tertiary/aromatic N) is 1. The predicted molar refractivity (Wildman–Crippen MR) is 87.0 cm³/mol. The van der Waals surface area contributed by atoms with Crippen molar-refractivity contribution in [3.05, 3.63) is 59.2 Å². The quantitative estimate of drug-likeness (QED) is 0.783. The van der Waals surface area contributed by atoms with Gasteiger partial charge in [-0.05, 0) is 49.2 Å². The second kappa shape index (κ2) is 6.44. The number of rotatable bonds is 3. The lowest BCUT2D eigenvalue weighted by molar-refractivity contribution is 0.0526. The maximum atomic E-state index is 14.4. The molecule has 0 aliphatic carbocycles. The highest BCUT2D eigenvalue weighted by Gasteiger charge is 2.33. The first-order chi connectivity index (χ1) is 11.8. The molecule has 132 valence electrons. The topological polar surface area (TPSA) is 63.7 Å². The molecule has 0 N–H and O–H groups in total. The summed E-state index contributed by atoms with van der Waals surface area (Å²) < 4.78 is 59.0. The van der Waals surface area contributed by atoms with Gasteiger partial charge in [0.1, 0.15) is 11.6 Å². The largest absolute Gasteiger partial charge is 0.462 e. The molecule has 1 aliphatic heterocycles. The van der Waals surface area contributed by atoms with E-state index in [1.165, 1.54) is 24.3 Å². The molecule has 8 heteroatoms. The molecule has 5 nitrogen and oxygen atoms in total. The van der Waals surface area contributed by atoms with Crippen LogP contribution in [-0.4, -0.2) is 27.5 Å². The summed E-state index contributed by atoms with van der Waals surface area (Å²) in [6, 6.07) is 6.99. The van der Waals surface area contributed by atoms with Crippen LogP contribution in [-0.2, 0) is 21.2 Å². The zero-order chi connectivity index (χ0) is 18.2. The first kappa shape index (κ1) is 17.3. The summed E-state index contributed by atoms with van der Waals surface area (Å²) in [5, 5.41) is 0. The molecule has 2 aromatic carbocycles. The lowest BCUT2D eigenvalue weighted by Crippen LogP contribution is -2.38. The lowest BCUT2D eigenvalue weighted by atomic mass is 10.1. The van der Waals surface area contributed by atoms with Crippen LogP contribution >= 0.6 is 0 Å². The van der Waals surface area contributed by atoms with Gasteiger partial charge in [0, 0.05) is 6.54 Å². The molecule has 0 amide bonds. The fourth-order valence-electron chi connectivity index (χ4n) is 2.74. The fourth-order valence-corrected chi connectivity index (χ4v) is 4.48. The highest BCUT2D eigenvalue weighted by Crippen LogP contribution is 2.33. The van der Waals surface area contributed by atoms with Crippen LogP contribution in [0.3, 0.4) is 0 Å². The summed E-state index contributed by atoms with van der Waals surface area (Å²) in [5.41, 5.74) is 0.285. The number of ether oxygens (including phenoxy) is 1. The zero-order valence-corrected chi connectivity index (χ0v) is 14.1. The summed E-state index contributed by atoms with van der Waals surface area (Å²) in [7, 11) is -4.09. The average molecular weight is 367 g/mol. The van der Waals surface area contributed by atoms with E-state index in [4.69, 9.17) is 4.74 Å². The van der Waals surface area contributed by atoms with Gasteiger partial charge in [0.2, 0.25) is 0 Å². The SMILES string of the molecule is CCOC(=O)c1ccc(N2CCc3ccc(F)cc3S2(=O)=O)c(F)c1. The number of carbonyl (C=O) groups excluding carboxylic acids is 1. The number of hydrogen-bond acceptors (Lipinski definition) is 4. The molecule has 0 saturated carbocycles. The Hall–Kier alpha value is -2.48. The molecule has 2 aromatic rings. The molecule has 0 aromatic heterocycles. The minimum atomic E-state index is -4.09. The number of esters is 1. The number of carbonyl (C=O) groups is 1. The van der Waals surface area contributed by atoms with Crippen LogP contribution in [0, 0.1) is 11.6 Å². The summed E-state index contributed by atoms with van der Waals surface area (Å²) in [4.78, 5) is 11.5. The van der Waals surface area contributed by atoms with Gasteiger partial charge in [0.05, 0.1) is 22.8 Å². The maximum absolute atomic E-state index is 14.4. The van der Waals surface area contributed by atoms with Gasteiger partial charge in [0.15, 0.2) is 0 Å². The monoisotopic (exact) mass is 367 g/mol. The van der Waals surface area contributed by atoms with Gasteiger partial charge in [-0.25, -0.2) is 22.0 Å². The Bertz CT molecular complexity index is 944. The Morgan fingerprint density at radius 2 is 1.96 bits per heavy atom. The third kappa shape index (κ3) is 3.09. The van der Waals surface area contributed by atoms with Crippen LogP contribution in [0.2, 0.25) is 0 Å². The van der Waals surface area contributed by atoms with E-state index >= 15 is 0 Å². The molecule has 0 atom stereocenters. The Balaban J connectivity index is 2.02. The second-order valence-electron chi connectivity index (χ2n) is 5.47. The van der Waals surface area contributed by atoms with Crippen molar-refractivity contribution in [3.63, 3.8) is 0 Å². The predicted octanol–water partition coefficient (Wildman–Crippen LogP) is 2.89. The maximum Gasteiger partial charge on any atom is 0.338 e. The smallest absolute Gasteiger partial charge is 0.338 e. The summed E-state index contributed by atoms with van der Waals surface area (Å²) in [6.07, 6.45) is 0.327. The van der Waals surface area contributed by atoms with Gasteiger partial charge < -0.3 is 4.74 Å². The first-order valence-electron chi connectivity index (χ1n) is 7.62. The highest BCUT2D eigenvalue weighted by atomic mass is 32.2. The molecule has 1 heterocycles. The van der Waals surface area contributed by atoms with Gasteiger partial charge in [-0.1, -0.05) is 6.07 Å². The number of sulfonamides is 1. The molecule has 1 aliphatic rings. The van der Waals surface area contributed by atoms with Gasteiger partial charge in [-0.2, -0.15) is 0 Å². The fraction of sp³-hybridized carbons (Fsp3) is 0.235. The lowest BCUT2D eigenvalue weighted by Gasteiger charge is -2.30. The molecule has 25 heavy (non-hydrogen) atoms. The van der Waals surface area contributed by atoms with E-state index in [2.05, 4.69) is 0 Å². The van der Waals surface area contributed by atoms with Crippen molar-refractivity contribution < 1.29 is 26.7 Å². The first-order valence-corrected chi connectivity index (χ1v) is 9.06. The number of anilines is 1. The van der Waals surface area contributed by atoms with Crippen LogP contribution < -0.4 is 4.31 Å². The standard InChI is InChI=1S/C17H15F2NO4S/c1-2-24-17(21)12-4-6-15(14(19)9-12)20-8-7-11-3-5-13(18)10-16(11)25(20,22)23/h3-6,9-10H,2,7-8H2,1H3. The van der Waals surface area contributed by atoms with Gasteiger partial charge in [-0.3, -0.25) is 4.31 Å². The van der Waals surface area contributed by atoms with E-state index in [-0.39, 0.29) is 29.3 Å². The minimum absolute atomic E-state index is 0.0102. The Morgan fingerprint density at radius 3 is 2.64 bits per heavy atom. The van der Waals surface area contributed by atoms with Crippen LogP contribution in [0.5, 0.6) is 0 Å². The molecule has 0 fully saturated rings. The molecule has 0 unspecified atom stereocenters. The minimum Gasteiger partial charge on any atom is -0.462 e. The van der Waals surface area contributed by atoms with Crippen molar-refractivity contribution in [3.8, 4) is 0 Å². The zero-order valence-electron chi connectivity index (χ0n) is 13.3. The van der Waals surface area contributed by atoms with Crippen LogP contribution in [0.15, 0.2) is 41.3 Å². The van der Waals surface area contributed by atoms with Gasteiger partial charge in [0.25, 0.3) is 10.0 Å². The third-order valence-electron chi connectivity index (χ3n) is 3.91. The van der Waals surface area contributed by atoms with E-state index in [1.54, 1.807) is 6.92 Å². The summed E-state index contributed by atoms with van der Waals surface area (Å²) >= 11 is 0. The van der Waals surface area contributed by atoms with Gasteiger partial charge in [-0.15, -0.1) is 0 Å². The van der Waals surface area contributed by atoms with Crippen LogP contribution in [0.1, 0.15) is 22.8 Å². The molecule has 0 spiro atoms. The van der Waals surface area contributed by atoms with E-state index in [1.807, 2.05) is 0 Å². The van der Waals surface area contributed by atoms with Crippen molar-refractivity contribution in [2.45, 2.75) is 18.2 Å². The Morgan fingerprint density at radius 1 is 1.20 bits per heavy atom. The second-order valence-corrected chi connectivity index (χ2v) is 7.30. The van der Waals surface area contributed by atoms with Crippen molar-refractivity contribution >= 4 is 21.7 Å². The molecular formula is C17H15F2NO4S. The molecular weight excluding hydrogens is 352 g/mol.